The Bertz CT molecular complexity index is 563. The quantitative estimate of drug-likeness (QED) is 0.927. The fourth-order valence-corrected chi connectivity index (χ4v) is 2.15. The van der Waals surface area contributed by atoms with Crippen LogP contribution in [0.5, 0.6) is 5.75 Å². The second-order valence-electron chi connectivity index (χ2n) is 3.85. The van der Waals surface area contributed by atoms with Gasteiger partial charge in [0.05, 0.1) is 13.3 Å². The van der Waals surface area contributed by atoms with Crippen molar-refractivity contribution in [1.29, 1.82) is 0 Å². The number of aryl methyl sites for hydroxylation is 1. The molecule has 0 saturated carbocycles. The first-order valence-electron chi connectivity index (χ1n) is 5.16. The molecule has 1 aromatic heterocycles. The Hall–Kier alpha value is -1.49. The lowest BCUT2D eigenvalue weighted by molar-refractivity contribution is 0.414. The third-order valence-corrected chi connectivity index (χ3v) is 3.65. The van der Waals surface area contributed by atoms with Crippen LogP contribution in [0.25, 0.3) is 11.1 Å². The van der Waals surface area contributed by atoms with Crippen LogP contribution in [-0.2, 0) is 7.05 Å². The number of rotatable bonds is 2. The molecule has 0 fully saturated rings. The van der Waals surface area contributed by atoms with E-state index in [1.54, 1.807) is 18.0 Å². The monoisotopic (exact) mass is 295 g/mol. The van der Waals surface area contributed by atoms with Gasteiger partial charge in [0.25, 0.3) is 0 Å². The second kappa shape index (κ2) is 4.41. The first-order valence-corrected chi connectivity index (χ1v) is 5.96. The van der Waals surface area contributed by atoms with Gasteiger partial charge in [0, 0.05) is 17.1 Å². The Morgan fingerprint density at radius 2 is 2.06 bits per heavy atom. The summed E-state index contributed by atoms with van der Waals surface area (Å²) in [5, 5.41) is 4.15. The van der Waals surface area contributed by atoms with E-state index in [1.165, 1.54) is 0 Å². The second-order valence-corrected chi connectivity index (χ2v) is 4.70. The van der Waals surface area contributed by atoms with Crippen molar-refractivity contribution in [3.63, 3.8) is 0 Å². The van der Waals surface area contributed by atoms with Crippen LogP contribution in [0.3, 0.4) is 0 Å². The molecular weight excluding hydrogens is 282 g/mol. The minimum absolute atomic E-state index is 0.647. The minimum atomic E-state index is 0.647. The molecule has 0 saturated heterocycles. The van der Waals surface area contributed by atoms with Crippen LogP contribution in [0.1, 0.15) is 5.56 Å². The van der Waals surface area contributed by atoms with Gasteiger partial charge in [0.2, 0.25) is 0 Å². The van der Waals surface area contributed by atoms with Crippen molar-refractivity contribution in [2.24, 2.45) is 7.05 Å². The predicted octanol–water partition coefficient (Wildman–Crippen LogP) is 2.75. The molecule has 0 atom stereocenters. The summed E-state index contributed by atoms with van der Waals surface area (Å²) in [4.78, 5) is 0. The molecule has 0 aliphatic heterocycles. The molecule has 0 amide bonds. The van der Waals surface area contributed by atoms with Gasteiger partial charge in [-0.2, -0.15) is 5.10 Å². The fraction of sp³-hybridized carbons (Fsp3) is 0.250. The van der Waals surface area contributed by atoms with Crippen LogP contribution < -0.4 is 10.5 Å². The summed E-state index contributed by atoms with van der Waals surface area (Å²) >= 11 is 3.52. The summed E-state index contributed by atoms with van der Waals surface area (Å²) in [7, 11) is 3.47. The average Bonchev–Trinajstić information content (AvgIpc) is 2.64. The normalized spacial score (nSPS) is 10.6. The highest BCUT2D eigenvalue weighted by molar-refractivity contribution is 9.10. The van der Waals surface area contributed by atoms with Gasteiger partial charge in [-0.1, -0.05) is 15.9 Å². The molecule has 5 heteroatoms. The lowest BCUT2D eigenvalue weighted by Gasteiger charge is -2.10. The molecule has 2 rings (SSSR count). The molecule has 0 aliphatic carbocycles. The molecule has 0 radical (unpaired) electrons. The van der Waals surface area contributed by atoms with Crippen molar-refractivity contribution in [1.82, 2.24) is 9.78 Å². The molecule has 17 heavy (non-hydrogen) atoms. The van der Waals surface area contributed by atoms with Crippen molar-refractivity contribution < 1.29 is 4.74 Å². The van der Waals surface area contributed by atoms with Crippen molar-refractivity contribution in [3.05, 3.63) is 28.4 Å². The van der Waals surface area contributed by atoms with Gasteiger partial charge in [-0.05, 0) is 30.2 Å². The average molecular weight is 296 g/mol. The summed E-state index contributed by atoms with van der Waals surface area (Å²) in [5.41, 5.74) is 9.06. The maximum Gasteiger partial charge on any atom is 0.129 e. The smallest absolute Gasteiger partial charge is 0.129 e. The zero-order valence-electron chi connectivity index (χ0n) is 9.99. The number of nitrogen functional groups attached to an aromatic ring is 1. The number of halogens is 1. The highest BCUT2D eigenvalue weighted by atomic mass is 79.9. The van der Waals surface area contributed by atoms with E-state index >= 15 is 0 Å². The number of ether oxygens (including phenoxy) is 1. The number of hydrogen-bond donors (Lipinski definition) is 1. The van der Waals surface area contributed by atoms with E-state index in [1.807, 2.05) is 26.1 Å². The van der Waals surface area contributed by atoms with Crippen molar-refractivity contribution in [2.75, 3.05) is 12.8 Å². The Morgan fingerprint density at radius 3 is 2.59 bits per heavy atom. The maximum atomic E-state index is 5.99. The maximum absolute atomic E-state index is 5.99. The standard InChI is InChI=1S/C12H14BrN3O/c1-7-9(4-8(17-3)5-11(7)13)10-6-15-16(2)12(10)14/h4-6H,14H2,1-3H3. The van der Waals surface area contributed by atoms with Crippen LogP contribution >= 0.6 is 15.9 Å². The van der Waals surface area contributed by atoms with Gasteiger partial charge in [-0.3, -0.25) is 4.68 Å². The Kier molecular flexibility index (Phi) is 3.11. The van der Waals surface area contributed by atoms with Gasteiger partial charge in [-0.15, -0.1) is 0 Å². The molecule has 0 aliphatic rings. The number of nitrogens with zero attached hydrogens (tertiary/aromatic N) is 2. The van der Waals surface area contributed by atoms with Crippen LogP contribution in [0.4, 0.5) is 5.82 Å². The molecule has 1 heterocycles. The van der Waals surface area contributed by atoms with E-state index in [-0.39, 0.29) is 0 Å². The van der Waals surface area contributed by atoms with E-state index in [0.29, 0.717) is 5.82 Å². The molecule has 2 aromatic rings. The number of benzene rings is 1. The summed E-state index contributed by atoms with van der Waals surface area (Å²) in [6.07, 6.45) is 1.77. The molecule has 0 unspecified atom stereocenters. The number of nitrogens with two attached hydrogens (primary N) is 1. The van der Waals surface area contributed by atoms with E-state index in [0.717, 1.165) is 26.9 Å². The Morgan fingerprint density at radius 1 is 1.35 bits per heavy atom. The largest absolute Gasteiger partial charge is 0.497 e. The highest BCUT2D eigenvalue weighted by Gasteiger charge is 2.13. The summed E-state index contributed by atoms with van der Waals surface area (Å²) in [6.45, 7) is 2.03. The highest BCUT2D eigenvalue weighted by Crippen LogP contribution is 2.35. The number of anilines is 1. The van der Waals surface area contributed by atoms with E-state index in [2.05, 4.69) is 21.0 Å². The van der Waals surface area contributed by atoms with Crippen molar-refractivity contribution in [3.8, 4) is 16.9 Å². The summed E-state index contributed by atoms with van der Waals surface area (Å²) in [6, 6.07) is 3.90. The van der Waals surface area contributed by atoms with Gasteiger partial charge < -0.3 is 10.5 Å². The lowest BCUT2D eigenvalue weighted by Crippen LogP contribution is -1.98. The zero-order chi connectivity index (χ0) is 12.6. The topological polar surface area (TPSA) is 53.1 Å². The molecule has 2 N–H and O–H groups in total. The van der Waals surface area contributed by atoms with Crippen molar-refractivity contribution in [2.45, 2.75) is 6.92 Å². The first-order chi connectivity index (χ1) is 8.04. The Balaban J connectivity index is 2.66. The molecule has 0 bridgehead atoms. The van der Waals surface area contributed by atoms with Crippen molar-refractivity contribution >= 4 is 21.7 Å². The number of aromatic nitrogens is 2. The molecule has 4 nitrogen and oxygen atoms in total. The van der Waals surface area contributed by atoms with E-state index in [4.69, 9.17) is 10.5 Å². The molecular formula is C12H14BrN3O. The number of methoxy groups -OCH3 is 1. The van der Waals surface area contributed by atoms with Gasteiger partial charge in [-0.25, -0.2) is 0 Å². The molecule has 0 spiro atoms. The van der Waals surface area contributed by atoms with Crippen LogP contribution in [0.15, 0.2) is 22.8 Å². The molecule has 1 aromatic carbocycles. The van der Waals surface area contributed by atoms with Crippen LogP contribution in [0, 0.1) is 6.92 Å². The third-order valence-electron chi connectivity index (χ3n) is 2.83. The van der Waals surface area contributed by atoms with Gasteiger partial charge in [0.1, 0.15) is 11.6 Å². The molecule has 90 valence electrons. The third kappa shape index (κ3) is 2.02. The first kappa shape index (κ1) is 12.0. The van der Waals surface area contributed by atoms with Crippen LogP contribution in [-0.4, -0.2) is 16.9 Å². The fourth-order valence-electron chi connectivity index (χ4n) is 1.71. The Labute approximate surface area is 109 Å². The summed E-state index contributed by atoms with van der Waals surface area (Å²) in [5.74, 6) is 1.44. The van der Waals surface area contributed by atoms with E-state index in [9.17, 15) is 0 Å². The minimum Gasteiger partial charge on any atom is -0.497 e. The SMILES string of the molecule is COc1cc(Br)c(C)c(-c2cnn(C)c2N)c1. The predicted molar refractivity (Wildman–Crippen MR) is 72.0 cm³/mol. The lowest BCUT2D eigenvalue weighted by atomic mass is 10.0. The van der Waals surface area contributed by atoms with Gasteiger partial charge >= 0.3 is 0 Å². The zero-order valence-corrected chi connectivity index (χ0v) is 11.6. The van der Waals surface area contributed by atoms with Gasteiger partial charge in [0.15, 0.2) is 0 Å². The van der Waals surface area contributed by atoms with E-state index < -0.39 is 0 Å². The summed E-state index contributed by atoms with van der Waals surface area (Å²) < 4.78 is 7.91. The van der Waals surface area contributed by atoms with Crippen LogP contribution in [0.2, 0.25) is 0 Å². The number of hydrogen-bond acceptors (Lipinski definition) is 3.